The van der Waals surface area contributed by atoms with Gasteiger partial charge in [0.1, 0.15) is 11.6 Å². The van der Waals surface area contributed by atoms with Crippen LogP contribution >= 0.6 is 0 Å². The molecule has 1 fully saturated rings. The molecule has 1 N–H and O–H groups in total. The molecule has 6 heteroatoms. The normalized spacial score (nSPS) is 18.2. The van der Waals surface area contributed by atoms with E-state index in [-0.39, 0.29) is 6.42 Å². The van der Waals surface area contributed by atoms with Crippen LogP contribution in [0.25, 0.3) is 0 Å². The lowest BCUT2D eigenvalue weighted by molar-refractivity contribution is 0.0725. The molecule has 112 valence electrons. The Kier molecular flexibility index (Phi) is 5.25. The minimum atomic E-state index is -2.46. The summed E-state index contributed by atoms with van der Waals surface area (Å²) in [6, 6.07) is 3.81. The van der Waals surface area contributed by atoms with E-state index in [1.54, 1.807) is 12.1 Å². The largest absolute Gasteiger partial charge is 0.497 e. The maximum atomic E-state index is 14.1. The van der Waals surface area contributed by atoms with Crippen LogP contribution in [0, 0.1) is 5.82 Å². The van der Waals surface area contributed by atoms with Gasteiger partial charge in [-0.2, -0.15) is 0 Å². The van der Waals surface area contributed by atoms with Crippen molar-refractivity contribution in [2.24, 2.45) is 0 Å². The molecule has 0 spiro atoms. The number of alkyl halides is 2. The van der Waals surface area contributed by atoms with Gasteiger partial charge in [-0.3, -0.25) is 4.90 Å². The summed E-state index contributed by atoms with van der Waals surface area (Å²) in [6.07, 6.45) is -2.82. The molecule has 2 rings (SSSR count). The summed E-state index contributed by atoms with van der Waals surface area (Å²) in [7, 11) is 1.45. The predicted octanol–water partition coefficient (Wildman–Crippen LogP) is 2.44. The van der Waals surface area contributed by atoms with Crippen molar-refractivity contribution in [2.45, 2.75) is 18.9 Å². The lowest BCUT2D eigenvalue weighted by Crippen LogP contribution is -2.45. The second-order valence-corrected chi connectivity index (χ2v) is 4.82. The molecule has 1 atom stereocenters. The molecule has 0 aromatic heterocycles. The van der Waals surface area contributed by atoms with Gasteiger partial charge >= 0.3 is 0 Å². The average Bonchev–Trinajstić information content (AvgIpc) is 2.45. The van der Waals surface area contributed by atoms with E-state index in [4.69, 9.17) is 4.74 Å². The van der Waals surface area contributed by atoms with Gasteiger partial charge in [-0.05, 0) is 6.07 Å². The number of ether oxygens (including phenoxy) is 1. The molecule has 1 aliphatic heterocycles. The number of benzene rings is 1. The minimum absolute atomic E-state index is 0.313. The monoisotopic (exact) mass is 288 g/mol. The van der Waals surface area contributed by atoms with Crippen molar-refractivity contribution in [3.8, 4) is 5.75 Å². The number of halogens is 3. The predicted molar refractivity (Wildman–Crippen MR) is 70.8 cm³/mol. The van der Waals surface area contributed by atoms with E-state index in [1.165, 1.54) is 13.2 Å². The van der Waals surface area contributed by atoms with Crippen molar-refractivity contribution >= 4 is 0 Å². The van der Waals surface area contributed by atoms with E-state index in [0.717, 1.165) is 13.1 Å². The number of piperazine rings is 1. The quantitative estimate of drug-likeness (QED) is 0.900. The van der Waals surface area contributed by atoms with Gasteiger partial charge in [0.15, 0.2) is 0 Å². The van der Waals surface area contributed by atoms with Gasteiger partial charge in [0.25, 0.3) is 0 Å². The topological polar surface area (TPSA) is 24.5 Å². The fourth-order valence-corrected chi connectivity index (χ4v) is 2.54. The summed E-state index contributed by atoms with van der Waals surface area (Å²) in [5.41, 5.74) is 0.313. The van der Waals surface area contributed by atoms with E-state index >= 15 is 0 Å². The van der Waals surface area contributed by atoms with Crippen LogP contribution in [0.15, 0.2) is 18.2 Å². The first kappa shape index (κ1) is 15.1. The van der Waals surface area contributed by atoms with Crippen molar-refractivity contribution in [2.75, 3.05) is 33.3 Å². The Morgan fingerprint density at radius 1 is 1.30 bits per heavy atom. The third-order valence-corrected chi connectivity index (χ3v) is 3.56. The highest BCUT2D eigenvalue weighted by atomic mass is 19.3. The Morgan fingerprint density at radius 3 is 2.55 bits per heavy atom. The number of methoxy groups -OCH3 is 1. The first-order valence-corrected chi connectivity index (χ1v) is 6.68. The van der Waals surface area contributed by atoms with E-state index in [9.17, 15) is 13.2 Å². The summed E-state index contributed by atoms with van der Waals surface area (Å²) in [4.78, 5) is 1.91. The van der Waals surface area contributed by atoms with E-state index in [2.05, 4.69) is 5.32 Å². The van der Waals surface area contributed by atoms with Crippen LogP contribution in [0.3, 0.4) is 0 Å². The van der Waals surface area contributed by atoms with E-state index < -0.39 is 18.3 Å². The molecule has 1 aliphatic rings. The van der Waals surface area contributed by atoms with Crippen LogP contribution in [0.5, 0.6) is 5.75 Å². The van der Waals surface area contributed by atoms with Gasteiger partial charge in [0, 0.05) is 50.3 Å². The van der Waals surface area contributed by atoms with Crippen molar-refractivity contribution in [1.82, 2.24) is 10.2 Å². The molecule has 1 heterocycles. The Hall–Kier alpha value is -1.27. The van der Waals surface area contributed by atoms with Crippen LogP contribution in [0.1, 0.15) is 18.0 Å². The zero-order valence-electron chi connectivity index (χ0n) is 11.4. The molecule has 1 aromatic carbocycles. The molecule has 0 saturated carbocycles. The summed E-state index contributed by atoms with van der Waals surface area (Å²) in [6.45, 7) is 2.75. The Morgan fingerprint density at radius 2 is 2.00 bits per heavy atom. The maximum absolute atomic E-state index is 14.1. The first-order valence-electron chi connectivity index (χ1n) is 6.68. The standard InChI is InChI=1S/C14H19F3N2O/c1-20-10-2-3-11(12(15)8-10)13(9-14(16)17)19-6-4-18-5-7-19/h2-3,8,13-14,18H,4-7,9H2,1H3/t13-/m0/s1. The molecule has 0 bridgehead atoms. The highest BCUT2D eigenvalue weighted by Gasteiger charge is 2.27. The van der Waals surface area contributed by atoms with Gasteiger partial charge in [-0.25, -0.2) is 13.2 Å². The first-order chi connectivity index (χ1) is 9.61. The molecular weight excluding hydrogens is 269 g/mol. The van der Waals surface area contributed by atoms with Crippen molar-refractivity contribution in [1.29, 1.82) is 0 Å². The Bertz CT molecular complexity index is 436. The maximum Gasteiger partial charge on any atom is 0.240 e. The zero-order chi connectivity index (χ0) is 14.5. The molecule has 1 saturated heterocycles. The lowest BCUT2D eigenvalue weighted by Gasteiger charge is -2.35. The fraction of sp³-hybridized carbons (Fsp3) is 0.571. The average molecular weight is 288 g/mol. The molecule has 0 radical (unpaired) electrons. The van der Waals surface area contributed by atoms with Crippen molar-refractivity contribution in [3.63, 3.8) is 0 Å². The van der Waals surface area contributed by atoms with Crippen LogP contribution in [-0.2, 0) is 0 Å². The zero-order valence-corrected chi connectivity index (χ0v) is 11.4. The van der Waals surface area contributed by atoms with E-state index in [0.29, 0.717) is 24.4 Å². The molecule has 0 unspecified atom stereocenters. The van der Waals surface area contributed by atoms with Crippen LogP contribution in [0.4, 0.5) is 13.2 Å². The molecule has 1 aromatic rings. The number of nitrogens with one attached hydrogen (secondary N) is 1. The van der Waals surface area contributed by atoms with Gasteiger partial charge < -0.3 is 10.1 Å². The van der Waals surface area contributed by atoms with Crippen LogP contribution in [0.2, 0.25) is 0 Å². The summed E-state index contributed by atoms with van der Waals surface area (Å²) >= 11 is 0. The lowest BCUT2D eigenvalue weighted by atomic mass is 10.0. The molecule has 0 aliphatic carbocycles. The fourth-order valence-electron chi connectivity index (χ4n) is 2.54. The van der Waals surface area contributed by atoms with Gasteiger partial charge in [-0.15, -0.1) is 0 Å². The van der Waals surface area contributed by atoms with Crippen LogP contribution < -0.4 is 10.1 Å². The van der Waals surface area contributed by atoms with Gasteiger partial charge in [0.2, 0.25) is 6.43 Å². The molecule has 3 nitrogen and oxygen atoms in total. The summed E-state index contributed by atoms with van der Waals surface area (Å²) in [5, 5.41) is 3.16. The highest BCUT2D eigenvalue weighted by molar-refractivity contribution is 5.31. The molecular formula is C14H19F3N2O. The third-order valence-electron chi connectivity index (χ3n) is 3.56. The Labute approximate surface area is 116 Å². The van der Waals surface area contributed by atoms with Crippen molar-refractivity contribution < 1.29 is 17.9 Å². The Balaban J connectivity index is 2.25. The third kappa shape index (κ3) is 3.64. The number of rotatable bonds is 5. The molecule has 0 amide bonds. The summed E-state index contributed by atoms with van der Waals surface area (Å²) in [5.74, 6) is -0.101. The molecule has 20 heavy (non-hydrogen) atoms. The highest BCUT2D eigenvalue weighted by Crippen LogP contribution is 2.31. The van der Waals surface area contributed by atoms with Crippen LogP contribution in [-0.4, -0.2) is 44.6 Å². The number of hydrogen-bond donors (Lipinski definition) is 1. The van der Waals surface area contributed by atoms with Gasteiger partial charge in [-0.1, -0.05) is 6.07 Å². The smallest absolute Gasteiger partial charge is 0.240 e. The van der Waals surface area contributed by atoms with Crippen molar-refractivity contribution in [3.05, 3.63) is 29.6 Å². The number of hydrogen-bond acceptors (Lipinski definition) is 3. The SMILES string of the molecule is COc1ccc([C@H](CC(F)F)N2CCNCC2)c(F)c1. The second kappa shape index (κ2) is 6.95. The van der Waals surface area contributed by atoms with Gasteiger partial charge in [0.05, 0.1) is 7.11 Å². The number of nitrogens with zero attached hydrogens (tertiary/aromatic N) is 1. The minimum Gasteiger partial charge on any atom is -0.497 e. The van der Waals surface area contributed by atoms with E-state index in [1.807, 2.05) is 4.90 Å². The summed E-state index contributed by atoms with van der Waals surface area (Å²) < 4.78 is 44.7. The second-order valence-electron chi connectivity index (χ2n) is 4.82.